The maximum Gasteiger partial charge on any atom is 0.145 e. The molecule has 0 bridgehead atoms. The fourth-order valence-corrected chi connectivity index (χ4v) is 5.94. The van der Waals surface area contributed by atoms with Gasteiger partial charge < -0.3 is 4.42 Å². The van der Waals surface area contributed by atoms with Gasteiger partial charge >= 0.3 is 0 Å². The molecule has 166 valence electrons. The van der Waals surface area contributed by atoms with Crippen molar-refractivity contribution in [2.45, 2.75) is 9.92 Å². The average molecular weight is 470 g/mol. The molecule has 7 rings (SSSR count). The smallest absolute Gasteiger partial charge is 0.145 e. The Labute approximate surface area is 204 Å². The lowest BCUT2D eigenvalue weighted by Crippen LogP contribution is -1.97. The fraction of sp³-hybridized carbons (Fsp3) is 0. The first kappa shape index (κ1) is 20.1. The van der Waals surface area contributed by atoms with Crippen molar-refractivity contribution in [3.8, 4) is 11.3 Å². The van der Waals surface area contributed by atoms with Crippen LogP contribution in [0.1, 0.15) is 0 Å². The van der Waals surface area contributed by atoms with Crippen LogP contribution in [0.15, 0.2) is 130 Å². The molecule has 2 heterocycles. The maximum atomic E-state index is 13.2. The molecule has 2 aromatic heterocycles. The highest BCUT2D eigenvalue weighted by molar-refractivity contribution is 7.85. The Bertz CT molecular complexity index is 1920. The summed E-state index contributed by atoms with van der Waals surface area (Å²) in [5.74, 6) is 0. The van der Waals surface area contributed by atoms with Crippen molar-refractivity contribution in [3.63, 3.8) is 0 Å². The molecule has 0 N–H and O–H groups in total. The van der Waals surface area contributed by atoms with Gasteiger partial charge in [-0.25, -0.2) is 9.19 Å². The third kappa shape index (κ3) is 3.18. The normalized spacial score (nSPS) is 12.6. The number of hydrogen-bond acceptors (Lipinski definition) is 3. The minimum atomic E-state index is -1.37. The summed E-state index contributed by atoms with van der Waals surface area (Å²) < 4.78 is 19.7. The van der Waals surface area contributed by atoms with Gasteiger partial charge in [0.05, 0.1) is 5.69 Å². The summed E-state index contributed by atoms with van der Waals surface area (Å²) in [7, 11) is -1.37. The number of pyridine rings is 1. The number of rotatable bonds is 3. The van der Waals surface area contributed by atoms with E-state index in [1.165, 1.54) is 5.39 Å². The van der Waals surface area contributed by atoms with Crippen LogP contribution in [-0.2, 0) is 10.8 Å². The summed E-state index contributed by atoms with van der Waals surface area (Å²) in [6.07, 6.45) is 0. The van der Waals surface area contributed by atoms with Gasteiger partial charge in [0.25, 0.3) is 0 Å². The minimum Gasteiger partial charge on any atom is -0.455 e. The van der Waals surface area contributed by atoms with E-state index in [0.29, 0.717) is 5.03 Å². The van der Waals surface area contributed by atoms with Gasteiger partial charge in [0.1, 0.15) is 27.0 Å². The van der Waals surface area contributed by atoms with E-state index in [0.717, 1.165) is 54.3 Å². The number of benzene rings is 5. The molecule has 0 fully saturated rings. The molecule has 0 saturated heterocycles. The highest BCUT2D eigenvalue weighted by Gasteiger charge is 2.19. The zero-order chi connectivity index (χ0) is 23.4. The van der Waals surface area contributed by atoms with Crippen LogP contribution in [0, 0.1) is 0 Å². The number of nitrogens with zero attached hydrogens (tertiary/aromatic N) is 1. The topological polar surface area (TPSA) is 43.1 Å². The van der Waals surface area contributed by atoms with E-state index in [4.69, 9.17) is 9.40 Å². The quantitative estimate of drug-likeness (QED) is 0.262. The zero-order valence-corrected chi connectivity index (χ0v) is 19.5. The molecule has 0 amide bonds. The molecular formula is C31H19NO2S. The molecule has 0 radical (unpaired) electrons. The first-order valence-electron chi connectivity index (χ1n) is 11.5. The predicted molar refractivity (Wildman–Crippen MR) is 143 cm³/mol. The molecule has 0 aliphatic carbocycles. The summed E-state index contributed by atoms with van der Waals surface area (Å²) in [5, 5.41) is 7.32. The lowest BCUT2D eigenvalue weighted by molar-refractivity contribution is 0.670. The Morgan fingerprint density at radius 1 is 0.629 bits per heavy atom. The molecule has 5 aromatic carbocycles. The van der Waals surface area contributed by atoms with Crippen LogP contribution in [0.3, 0.4) is 0 Å². The largest absolute Gasteiger partial charge is 0.455 e. The van der Waals surface area contributed by atoms with Crippen molar-refractivity contribution in [2.75, 3.05) is 0 Å². The number of hydrogen-bond donors (Lipinski definition) is 0. The molecule has 1 atom stereocenters. The van der Waals surface area contributed by atoms with Gasteiger partial charge in [-0.2, -0.15) is 0 Å². The third-order valence-electron chi connectivity index (χ3n) is 6.50. The monoisotopic (exact) mass is 469 g/mol. The van der Waals surface area contributed by atoms with E-state index in [9.17, 15) is 4.21 Å². The predicted octanol–water partition coefficient (Wildman–Crippen LogP) is 8.12. The first-order chi connectivity index (χ1) is 17.3. The summed E-state index contributed by atoms with van der Waals surface area (Å²) in [4.78, 5) is 5.58. The van der Waals surface area contributed by atoms with Crippen LogP contribution in [0.25, 0.3) is 54.7 Å². The first-order valence-corrected chi connectivity index (χ1v) is 12.6. The second kappa shape index (κ2) is 7.90. The van der Waals surface area contributed by atoms with Gasteiger partial charge in [0.15, 0.2) is 0 Å². The molecule has 1 unspecified atom stereocenters. The van der Waals surface area contributed by atoms with E-state index < -0.39 is 10.8 Å². The van der Waals surface area contributed by atoms with E-state index in [1.807, 2.05) is 60.7 Å². The summed E-state index contributed by atoms with van der Waals surface area (Å²) in [5.41, 5.74) is 3.28. The Balaban J connectivity index is 1.55. The summed E-state index contributed by atoms with van der Waals surface area (Å²) in [6, 6.07) is 38.2. The van der Waals surface area contributed by atoms with Crippen LogP contribution in [0.2, 0.25) is 0 Å². The number of furan rings is 1. The van der Waals surface area contributed by atoms with Crippen molar-refractivity contribution in [1.29, 1.82) is 0 Å². The lowest BCUT2D eigenvalue weighted by atomic mass is 9.96. The molecule has 0 spiro atoms. The van der Waals surface area contributed by atoms with Crippen LogP contribution >= 0.6 is 0 Å². The Morgan fingerprint density at radius 2 is 1.34 bits per heavy atom. The minimum absolute atomic E-state index is 0.525. The molecule has 0 aliphatic rings. The van der Waals surface area contributed by atoms with Crippen molar-refractivity contribution in [1.82, 2.24) is 4.98 Å². The van der Waals surface area contributed by atoms with Crippen molar-refractivity contribution < 1.29 is 8.63 Å². The van der Waals surface area contributed by atoms with E-state index >= 15 is 0 Å². The molecule has 35 heavy (non-hydrogen) atoms. The van der Waals surface area contributed by atoms with Crippen molar-refractivity contribution in [2.24, 2.45) is 0 Å². The molecule has 0 saturated carbocycles. The van der Waals surface area contributed by atoms with Crippen molar-refractivity contribution in [3.05, 3.63) is 115 Å². The zero-order valence-electron chi connectivity index (χ0n) is 18.6. The summed E-state index contributed by atoms with van der Waals surface area (Å²) in [6.45, 7) is 0. The van der Waals surface area contributed by atoms with Gasteiger partial charge in [0, 0.05) is 21.2 Å². The van der Waals surface area contributed by atoms with Crippen molar-refractivity contribution >= 4 is 54.3 Å². The standard InChI is InChI=1S/C31H19NO2S/c33-35(22-11-2-1-3-12-22)28-16-8-15-26(32-28)25-19-21-10-5-7-14-24(21)30-29-23-13-6-4-9-20(23)17-18-27(29)34-31(25)30/h1-19H. The fourth-order valence-electron chi connectivity index (χ4n) is 4.91. The SMILES string of the molecule is O=S(c1ccccc1)c1cccc(-c2cc3ccccc3c3c2oc2ccc4ccccc4c23)n1. The third-order valence-corrected chi connectivity index (χ3v) is 7.81. The van der Waals surface area contributed by atoms with Crippen LogP contribution in [0.5, 0.6) is 0 Å². The van der Waals surface area contributed by atoms with Gasteiger partial charge in [0.2, 0.25) is 0 Å². The van der Waals surface area contributed by atoms with Gasteiger partial charge in [-0.05, 0) is 57.9 Å². The Morgan fingerprint density at radius 3 is 2.17 bits per heavy atom. The van der Waals surface area contributed by atoms with E-state index in [2.05, 4.69) is 54.6 Å². The van der Waals surface area contributed by atoms with Gasteiger partial charge in [-0.3, -0.25) is 0 Å². The van der Waals surface area contributed by atoms with E-state index in [1.54, 1.807) is 0 Å². The second-order valence-electron chi connectivity index (χ2n) is 8.55. The van der Waals surface area contributed by atoms with Gasteiger partial charge in [-0.1, -0.05) is 78.9 Å². The number of aromatic nitrogens is 1. The Hall–Kier alpha value is -4.28. The summed E-state index contributed by atoms with van der Waals surface area (Å²) >= 11 is 0. The molecule has 0 aliphatic heterocycles. The maximum absolute atomic E-state index is 13.2. The molecular weight excluding hydrogens is 450 g/mol. The highest BCUT2D eigenvalue weighted by Crippen LogP contribution is 2.43. The lowest BCUT2D eigenvalue weighted by Gasteiger charge is -2.08. The molecule has 7 aromatic rings. The molecule has 4 heteroatoms. The average Bonchev–Trinajstić information content (AvgIpc) is 3.33. The van der Waals surface area contributed by atoms with E-state index in [-0.39, 0.29) is 0 Å². The van der Waals surface area contributed by atoms with Crippen LogP contribution in [-0.4, -0.2) is 9.19 Å². The van der Waals surface area contributed by atoms with Crippen LogP contribution in [0.4, 0.5) is 0 Å². The van der Waals surface area contributed by atoms with Crippen LogP contribution < -0.4 is 0 Å². The van der Waals surface area contributed by atoms with Gasteiger partial charge in [-0.15, -0.1) is 0 Å². The Kier molecular flexibility index (Phi) is 4.54. The molecule has 3 nitrogen and oxygen atoms in total. The second-order valence-corrected chi connectivity index (χ2v) is 9.98. The number of fused-ring (bicyclic) bond motifs is 7. The highest BCUT2D eigenvalue weighted by atomic mass is 32.2.